The standard InChI is InChI=1S/C20H28NO4P/c21-19(15-20(22)26(23,24)25)14-13-18-11-9-17(10-12-18)8-4-7-16-5-2-1-3-6-16/h1-3,5-6,9-12,19-20,22H,4,7-8,13-15,21H2,(H2,23,24,25). The minimum atomic E-state index is -4.47. The van der Waals surface area contributed by atoms with E-state index < -0.39 is 19.5 Å². The Labute approximate surface area is 155 Å². The van der Waals surface area contributed by atoms with Crippen LogP contribution in [0, 0.1) is 0 Å². The molecule has 5 N–H and O–H groups in total. The zero-order valence-electron chi connectivity index (χ0n) is 14.9. The van der Waals surface area contributed by atoms with Crippen molar-refractivity contribution < 1.29 is 19.5 Å². The molecule has 26 heavy (non-hydrogen) atoms. The third kappa shape index (κ3) is 7.40. The van der Waals surface area contributed by atoms with Crippen molar-refractivity contribution in [3.05, 3.63) is 71.3 Å². The van der Waals surface area contributed by atoms with Gasteiger partial charge in [-0.05, 0) is 48.8 Å². The molecule has 2 aromatic carbocycles. The number of hydrogen-bond acceptors (Lipinski definition) is 3. The highest BCUT2D eigenvalue weighted by Gasteiger charge is 2.27. The van der Waals surface area contributed by atoms with Crippen molar-refractivity contribution in [3.63, 3.8) is 0 Å². The molecule has 0 amide bonds. The van der Waals surface area contributed by atoms with E-state index in [0.717, 1.165) is 31.2 Å². The number of rotatable bonds is 10. The van der Waals surface area contributed by atoms with E-state index in [1.54, 1.807) is 0 Å². The molecule has 0 heterocycles. The van der Waals surface area contributed by atoms with Crippen LogP contribution >= 0.6 is 7.60 Å². The van der Waals surface area contributed by atoms with Crippen molar-refractivity contribution in [2.24, 2.45) is 5.73 Å². The van der Waals surface area contributed by atoms with E-state index in [9.17, 15) is 9.67 Å². The van der Waals surface area contributed by atoms with Crippen LogP contribution in [-0.4, -0.2) is 26.8 Å². The van der Waals surface area contributed by atoms with Crippen LogP contribution in [0.5, 0.6) is 0 Å². The van der Waals surface area contributed by atoms with Crippen LogP contribution in [0.25, 0.3) is 0 Å². The fourth-order valence-electron chi connectivity index (χ4n) is 2.89. The van der Waals surface area contributed by atoms with Crippen molar-refractivity contribution in [1.29, 1.82) is 0 Å². The predicted octanol–water partition coefficient (Wildman–Crippen LogP) is 3.01. The highest BCUT2D eigenvalue weighted by molar-refractivity contribution is 7.52. The minimum absolute atomic E-state index is 0.0954. The zero-order chi connectivity index (χ0) is 19.0. The summed E-state index contributed by atoms with van der Waals surface area (Å²) in [5, 5.41) is 9.41. The number of aliphatic hydroxyl groups is 1. The molecule has 142 valence electrons. The van der Waals surface area contributed by atoms with Crippen molar-refractivity contribution in [3.8, 4) is 0 Å². The van der Waals surface area contributed by atoms with Gasteiger partial charge >= 0.3 is 7.60 Å². The summed E-state index contributed by atoms with van der Waals surface area (Å²) in [6, 6.07) is 18.4. The second-order valence-electron chi connectivity index (χ2n) is 6.76. The molecule has 5 nitrogen and oxygen atoms in total. The molecule has 2 unspecified atom stereocenters. The molecule has 0 spiro atoms. The van der Waals surface area contributed by atoms with Crippen LogP contribution < -0.4 is 5.73 Å². The van der Waals surface area contributed by atoms with Gasteiger partial charge in [-0.2, -0.15) is 0 Å². The van der Waals surface area contributed by atoms with Gasteiger partial charge in [-0.25, -0.2) is 0 Å². The lowest BCUT2D eigenvalue weighted by Gasteiger charge is -2.17. The Kier molecular flexibility index (Phi) is 8.01. The Morgan fingerprint density at radius 1 is 0.846 bits per heavy atom. The molecular formula is C20H28NO4P. The molecule has 0 saturated heterocycles. The minimum Gasteiger partial charge on any atom is -0.380 e. The lowest BCUT2D eigenvalue weighted by Crippen LogP contribution is -2.26. The second kappa shape index (κ2) is 10.0. The monoisotopic (exact) mass is 377 g/mol. The molecule has 2 aromatic rings. The normalized spacial score (nSPS) is 14.2. The first kappa shape index (κ1) is 20.8. The first-order chi connectivity index (χ1) is 12.3. The van der Waals surface area contributed by atoms with E-state index in [1.807, 2.05) is 6.07 Å². The summed E-state index contributed by atoms with van der Waals surface area (Å²) in [7, 11) is -4.47. The van der Waals surface area contributed by atoms with E-state index in [4.69, 9.17) is 15.5 Å². The summed E-state index contributed by atoms with van der Waals surface area (Å²) in [4.78, 5) is 17.8. The Morgan fingerprint density at radius 3 is 1.88 bits per heavy atom. The fourth-order valence-corrected chi connectivity index (χ4v) is 3.44. The third-order valence-electron chi connectivity index (χ3n) is 4.50. The number of aliphatic hydroxyl groups excluding tert-OH is 1. The molecule has 2 rings (SSSR count). The number of benzene rings is 2. The van der Waals surface area contributed by atoms with Gasteiger partial charge in [-0.15, -0.1) is 0 Å². The zero-order valence-corrected chi connectivity index (χ0v) is 15.8. The molecule has 0 aliphatic rings. The third-order valence-corrected chi connectivity index (χ3v) is 5.49. The second-order valence-corrected chi connectivity index (χ2v) is 8.53. The molecule has 0 fully saturated rings. The average Bonchev–Trinajstić information content (AvgIpc) is 2.61. The molecule has 2 atom stereocenters. The van der Waals surface area contributed by atoms with Crippen molar-refractivity contribution >= 4 is 7.60 Å². The summed E-state index contributed by atoms with van der Waals surface area (Å²) in [6.45, 7) is 0. The van der Waals surface area contributed by atoms with Crippen LogP contribution in [0.3, 0.4) is 0 Å². The fraction of sp³-hybridized carbons (Fsp3) is 0.400. The maximum absolute atomic E-state index is 10.9. The van der Waals surface area contributed by atoms with E-state index >= 15 is 0 Å². The number of aryl methyl sites for hydroxylation is 3. The van der Waals surface area contributed by atoms with Gasteiger partial charge in [0.25, 0.3) is 0 Å². The molecule has 0 radical (unpaired) electrons. The largest absolute Gasteiger partial charge is 0.380 e. The van der Waals surface area contributed by atoms with Gasteiger partial charge < -0.3 is 20.6 Å². The molecule has 0 bridgehead atoms. The predicted molar refractivity (Wildman–Crippen MR) is 104 cm³/mol. The van der Waals surface area contributed by atoms with Gasteiger partial charge in [0.2, 0.25) is 0 Å². The summed E-state index contributed by atoms with van der Waals surface area (Å²) >= 11 is 0. The van der Waals surface area contributed by atoms with E-state index in [1.165, 1.54) is 11.1 Å². The van der Waals surface area contributed by atoms with Gasteiger partial charge in [0.05, 0.1) is 0 Å². The number of nitrogens with two attached hydrogens (primary N) is 1. The van der Waals surface area contributed by atoms with Gasteiger partial charge in [-0.1, -0.05) is 54.6 Å². The molecule has 6 heteroatoms. The summed E-state index contributed by atoms with van der Waals surface area (Å²) in [5.41, 5.74) is 9.66. The van der Waals surface area contributed by atoms with Crippen LogP contribution in [0.4, 0.5) is 0 Å². The van der Waals surface area contributed by atoms with Crippen molar-refractivity contribution in [2.45, 2.75) is 50.4 Å². The van der Waals surface area contributed by atoms with Gasteiger partial charge in [-0.3, -0.25) is 4.57 Å². The van der Waals surface area contributed by atoms with E-state index in [0.29, 0.717) is 6.42 Å². The highest BCUT2D eigenvalue weighted by atomic mass is 31.2. The highest BCUT2D eigenvalue weighted by Crippen LogP contribution is 2.41. The lowest BCUT2D eigenvalue weighted by molar-refractivity contribution is 0.184. The molecule has 0 aliphatic heterocycles. The van der Waals surface area contributed by atoms with Crippen LogP contribution in [-0.2, 0) is 23.8 Å². The maximum atomic E-state index is 10.9. The van der Waals surface area contributed by atoms with Crippen LogP contribution in [0.1, 0.15) is 36.0 Å². The lowest BCUT2D eigenvalue weighted by atomic mass is 10.00. The smallest absolute Gasteiger partial charge is 0.353 e. The topological polar surface area (TPSA) is 104 Å². The summed E-state index contributed by atoms with van der Waals surface area (Å²) in [5.74, 6) is -1.68. The van der Waals surface area contributed by atoms with Crippen LogP contribution in [0.15, 0.2) is 54.6 Å². The number of hydrogen-bond donors (Lipinski definition) is 4. The van der Waals surface area contributed by atoms with Crippen LogP contribution in [0.2, 0.25) is 0 Å². The molecular weight excluding hydrogens is 349 g/mol. The van der Waals surface area contributed by atoms with Crippen molar-refractivity contribution in [1.82, 2.24) is 0 Å². The molecule has 0 aromatic heterocycles. The Balaban J connectivity index is 1.72. The van der Waals surface area contributed by atoms with E-state index in [2.05, 4.69) is 48.5 Å². The van der Waals surface area contributed by atoms with Crippen molar-refractivity contribution in [2.75, 3.05) is 0 Å². The van der Waals surface area contributed by atoms with Gasteiger partial charge in [0.1, 0.15) is 0 Å². The molecule has 0 aliphatic carbocycles. The summed E-state index contributed by atoms with van der Waals surface area (Å²) in [6.07, 6.45) is 4.41. The maximum Gasteiger partial charge on any atom is 0.353 e. The first-order valence-electron chi connectivity index (χ1n) is 8.95. The first-order valence-corrected chi connectivity index (χ1v) is 10.6. The summed E-state index contributed by atoms with van der Waals surface area (Å²) < 4.78 is 10.9. The quantitative estimate of drug-likeness (QED) is 0.477. The van der Waals surface area contributed by atoms with Gasteiger partial charge in [0, 0.05) is 12.5 Å². The Morgan fingerprint density at radius 2 is 1.35 bits per heavy atom. The average molecular weight is 377 g/mol. The molecule has 0 saturated carbocycles. The Bertz CT molecular complexity index is 700. The Hall–Kier alpha value is -1.49. The van der Waals surface area contributed by atoms with Gasteiger partial charge in [0.15, 0.2) is 5.85 Å². The van der Waals surface area contributed by atoms with E-state index in [-0.39, 0.29) is 6.42 Å². The SMILES string of the molecule is NC(CCc1ccc(CCCc2ccccc2)cc1)CC(O)P(=O)(O)O.